The topological polar surface area (TPSA) is 69.6 Å². The van der Waals surface area contributed by atoms with Crippen LogP contribution in [0, 0.1) is 12.7 Å². The van der Waals surface area contributed by atoms with Crippen molar-refractivity contribution in [3.05, 3.63) is 29.6 Å². The fourth-order valence-corrected chi connectivity index (χ4v) is 1.48. The molecule has 5 nitrogen and oxygen atoms in total. The monoisotopic (exact) mass is 221 g/mol. The number of aromatic nitrogens is 4. The van der Waals surface area contributed by atoms with Crippen molar-refractivity contribution in [2.24, 2.45) is 5.73 Å². The fraction of sp³-hybridized carbons (Fsp3) is 0.300. The average molecular weight is 221 g/mol. The van der Waals surface area contributed by atoms with Gasteiger partial charge in [-0.25, -0.2) is 9.07 Å². The molecule has 0 fully saturated rings. The van der Waals surface area contributed by atoms with Crippen LogP contribution in [0.15, 0.2) is 18.2 Å². The van der Waals surface area contributed by atoms with E-state index in [2.05, 4.69) is 15.5 Å². The van der Waals surface area contributed by atoms with Crippen molar-refractivity contribution in [3.63, 3.8) is 0 Å². The second kappa shape index (κ2) is 4.36. The minimum Gasteiger partial charge on any atom is -0.329 e. The molecule has 0 saturated carbocycles. The van der Waals surface area contributed by atoms with Gasteiger partial charge in [-0.1, -0.05) is 11.6 Å². The molecule has 0 bridgehead atoms. The lowest BCUT2D eigenvalue weighted by Gasteiger charge is -2.04. The van der Waals surface area contributed by atoms with E-state index in [1.165, 1.54) is 10.7 Å². The summed E-state index contributed by atoms with van der Waals surface area (Å²) in [5.41, 5.74) is 6.78. The van der Waals surface area contributed by atoms with Crippen LogP contribution in [0.4, 0.5) is 4.39 Å². The van der Waals surface area contributed by atoms with E-state index in [1.807, 2.05) is 6.92 Å². The van der Waals surface area contributed by atoms with Crippen molar-refractivity contribution >= 4 is 0 Å². The normalized spacial score (nSPS) is 10.7. The summed E-state index contributed by atoms with van der Waals surface area (Å²) in [7, 11) is 0. The summed E-state index contributed by atoms with van der Waals surface area (Å²) in [6.07, 6.45) is 0. The standard InChI is InChI=1S/C10H12FN5/c1-7-2-3-9(11)8(6-7)10-13-14-15-16(10)5-4-12/h2-3,6H,4-5,12H2,1H3. The zero-order valence-corrected chi connectivity index (χ0v) is 8.89. The zero-order chi connectivity index (χ0) is 11.5. The molecular formula is C10H12FN5. The van der Waals surface area contributed by atoms with Crippen LogP contribution in [0.5, 0.6) is 0 Å². The molecule has 0 spiro atoms. The van der Waals surface area contributed by atoms with Gasteiger partial charge in [0.05, 0.1) is 12.1 Å². The SMILES string of the molecule is Cc1ccc(F)c(-c2nnnn2CCN)c1. The van der Waals surface area contributed by atoms with Crippen molar-refractivity contribution in [3.8, 4) is 11.4 Å². The fourth-order valence-electron chi connectivity index (χ4n) is 1.48. The Bertz CT molecular complexity index is 494. The van der Waals surface area contributed by atoms with E-state index in [1.54, 1.807) is 12.1 Å². The maximum atomic E-state index is 13.6. The molecule has 0 unspecified atom stereocenters. The summed E-state index contributed by atoms with van der Waals surface area (Å²) in [6, 6.07) is 4.83. The average Bonchev–Trinajstić information content (AvgIpc) is 2.70. The molecule has 0 atom stereocenters. The van der Waals surface area contributed by atoms with Crippen LogP contribution in [0.1, 0.15) is 5.56 Å². The van der Waals surface area contributed by atoms with Gasteiger partial charge < -0.3 is 5.73 Å². The summed E-state index contributed by atoms with van der Waals surface area (Å²) in [4.78, 5) is 0. The molecule has 2 aromatic rings. The molecule has 1 aromatic carbocycles. The third-order valence-electron chi connectivity index (χ3n) is 2.24. The highest BCUT2D eigenvalue weighted by Gasteiger charge is 2.12. The predicted octanol–water partition coefficient (Wildman–Crippen LogP) is 0.746. The van der Waals surface area contributed by atoms with Crippen LogP contribution in [-0.2, 0) is 6.54 Å². The minimum absolute atomic E-state index is 0.335. The van der Waals surface area contributed by atoms with E-state index in [9.17, 15) is 4.39 Å². The number of tetrazole rings is 1. The van der Waals surface area contributed by atoms with Gasteiger partial charge in [-0.05, 0) is 29.5 Å². The molecule has 2 rings (SSSR count). The van der Waals surface area contributed by atoms with Crippen molar-refractivity contribution in [2.75, 3.05) is 6.54 Å². The third-order valence-corrected chi connectivity index (χ3v) is 2.24. The van der Waals surface area contributed by atoms with E-state index >= 15 is 0 Å². The summed E-state index contributed by atoms with van der Waals surface area (Å²) in [5, 5.41) is 11.1. The second-order valence-electron chi connectivity index (χ2n) is 3.50. The number of hydrogen-bond donors (Lipinski definition) is 1. The minimum atomic E-state index is -0.335. The number of aryl methyl sites for hydroxylation is 1. The smallest absolute Gasteiger partial charge is 0.185 e. The van der Waals surface area contributed by atoms with E-state index in [-0.39, 0.29) is 5.82 Å². The first-order valence-electron chi connectivity index (χ1n) is 4.95. The molecule has 0 radical (unpaired) electrons. The Morgan fingerprint density at radius 2 is 2.25 bits per heavy atom. The van der Waals surface area contributed by atoms with E-state index < -0.39 is 0 Å². The molecule has 16 heavy (non-hydrogen) atoms. The highest BCUT2D eigenvalue weighted by atomic mass is 19.1. The maximum absolute atomic E-state index is 13.6. The summed E-state index contributed by atoms with van der Waals surface area (Å²) in [6.45, 7) is 2.77. The van der Waals surface area contributed by atoms with Gasteiger partial charge in [-0.15, -0.1) is 5.10 Å². The number of hydrogen-bond acceptors (Lipinski definition) is 4. The van der Waals surface area contributed by atoms with E-state index in [0.717, 1.165) is 5.56 Å². The third kappa shape index (κ3) is 1.92. The molecule has 0 aliphatic heterocycles. The van der Waals surface area contributed by atoms with Gasteiger partial charge in [0, 0.05) is 6.54 Å². The van der Waals surface area contributed by atoms with Crippen molar-refractivity contribution < 1.29 is 4.39 Å². The second-order valence-corrected chi connectivity index (χ2v) is 3.50. The van der Waals surface area contributed by atoms with Crippen LogP contribution in [0.3, 0.4) is 0 Å². The first kappa shape index (κ1) is 10.7. The van der Waals surface area contributed by atoms with Crippen LogP contribution in [0.25, 0.3) is 11.4 Å². The molecule has 1 heterocycles. The Morgan fingerprint density at radius 3 is 3.00 bits per heavy atom. The van der Waals surface area contributed by atoms with Gasteiger partial charge in [0.15, 0.2) is 5.82 Å². The van der Waals surface area contributed by atoms with Crippen LogP contribution >= 0.6 is 0 Å². The maximum Gasteiger partial charge on any atom is 0.185 e. The molecular weight excluding hydrogens is 209 g/mol. The number of nitrogens with two attached hydrogens (primary N) is 1. The number of benzene rings is 1. The van der Waals surface area contributed by atoms with Gasteiger partial charge in [-0.2, -0.15) is 0 Å². The largest absolute Gasteiger partial charge is 0.329 e. The molecule has 6 heteroatoms. The highest BCUT2D eigenvalue weighted by molar-refractivity contribution is 5.56. The summed E-state index contributed by atoms with van der Waals surface area (Å²) in [5.74, 6) is 0.0744. The van der Waals surface area contributed by atoms with Gasteiger partial charge in [-0.3, -0.25) is 0 Å². The molecule has 84 valence electrons. The Morgan fingerprint density at radius 1 is 1.44 bits per heavy atom. The van der Waals surface area contributed by atoms with E-state index in [0.29, 0.717) is 24.5 Å². The predicted molar refractivity (Wildman–Crippen MR) is 57.0 cm³/mol. The van der Waals surface area contributed by atoms with Crippen molar-refractivity contribution in [2.45, 2.75) is 13.5 Å². The Hall–Kier alpha value is -1.82. The summed E-state index contributed by atoms with van der Waals surface area (Å²) >= 11 is 0. The lowest BCUT2D eigenvalue weighted by molar-refractivity contribution is 0.594. The lowest BCUT2D eigenvalue weighted by Crippen LogP contribution is -2.12. The first-order chi connectivity index (χ1) is 7.72. The lowest BCUT2D eigenvalue weighted by atomic mass is 10.1. The van der Waals surface area contributed by atoms with Gasteiger partial charge in [0.1, 0.15) is 5.82 Å². The van der Waals surface area contributed by atoms with Crippen molar-refractivity contribution in [1.29, 1.82) is 0 Å². The van der Waals surface area contributed by atoms with E-state index in [4.69, 9.17) is 5.73 Å². The highest BCUT2D eigenvalue weighted by Crippen LogP contribution is 2.20. The van der Waals surface area contributed by atoms with Gasteiger partial charge in [0.2, 0.25) is 0 Å². The molecule has 1 aromatic heterocycles. The quantitative estimate of drug-likeness (QED) is 0.830. The molecule has 0 amide bonds. The molecule has 2 N–H and O–H groups in total. The molecule has 0 aliphatic rings. The summed E-state index contributed by atoms with van der Waals surface area (Å²) < 4.78 is 15.1. The van der Waals surface area contributed by atoms with Crippen LogP contribution in [0.2, 0.25) is 0 Å². The molecule has 0 saturated heterocycles. The van der Waals surface area contributed by atoms with Gasteiger partial charge >= 0.3 is 0 Å². The molecule has 0 aliphatic carbocycles. The number of rotatable bonds is 3. The van der Waals surface area contributed by atoms with Crippen molar-refractivity contribution in [1.82, 2.24) is 20.2 Å². The zero-order valence-electron chi connectivity index (χ0n) is 8.89. The van der Waals surface area contributed by atoms with Gasteiger partial charge in [0.25, 0.3) is 0 Å². The van der Waals surface area contributed by atoms with Crippen LogP contribution < -0.4 is 5.73 Å². The Balaban J connectivity index is 2.49. The number of nitrogens with zero attached hydrogens (tertiary/aromatic N) is 4. The number of halogens is 1. The Kier molecular flexibility index (Phi) is 2.91. The van der Waals surface area contributed by atoms with Crippen LogP contribution in [-0.4, -0.2) is 26.8 Å². The Labute approximate surface area is 92.1 Å². The first-order valence-corrected chi connectivity index (χ1v) is 4.95.